The fourth-order valence-corrected chi connectivity index (χ4v) is 5.83. The molecule has 7 aromatic rings. The molecular weight excluding hydrogens is 560 g/mol. The molecule has 0 aliphatic heterocycles. The molecule has 1 unspecified atom stereocenters. The van der Waals surface area contributed by atoms with Crippen LogP contribution in [0.1, 0.15) is 24.1 Å². The van der Waals surface area contributed by atoms with Gasteiger partial charge in [0.15, 0.2) is 0 Å². The molecule has 5 heteroatoms. The highest BCUT2D eigenvalue weighted by atomic mass is 35.5. The third-order valence-electron chi connectivity index (χ3n) is 8.16. The third-order valence-corrected chi connectivity index (χ3v) is 8.41. The van der Waals surface area contributed by atoms with Crippen molar-refractivity contribution in [3.05, 3.63) is 162 Å². The van der Waals surface area contributed by atoms with Crippen LogP contribution in [0, 0.1) is 6.92 Å². The van der Waals surface area contributed by atoms with Crippen molar-refractivity contribution in [2.45, 2.75) is 19.9 Å². The van der Waals surface area contributed by atoms with Crippen molar-refractivity contribution in [3.8, 4) is 50.6 Å². The number of benzene rings is 5. The van der Waals surface area contributed by atoms with E-state index in [0.29, 0.717) is 0 Å². The van der Waals surface area contributed by atoms with E-state index in [1.165, 1.54) is 5.56 Å². The molecule has 44 heavy (non-hydrogen) atoms. The van der Waals surface area contributed by atoms with Gasteiger partial charge in [0.1, 0.15) is 5.69 Å². The van der Waals surface area contributed by atoms with Gasteiger partial charge in [-0.2, -0.15) is 0 Å². The summed E-state index contributed by atoms with van der Waals surface area (Å²) in [7, 11) is 0. The van der Waals surface area contributed by atoms with Crippen molar-refractivity contribution < 1.29 is 0 Å². The van der Waals surface area contributed by atoms with Crippen LogP contribution in [0.4, 0.5) is 0 Å². The predicted octanol–water partition coefficient (Wildman–Crippen LogP) is 10.3. The minimum Gasteiger partial charge on any atom is -0.309 e. The van der Waals surface area contributed by atoms with Gasteiger partial charge in [0, 0.05) is 21.8 Å². The summed E-state index contributed by atoms with van der Waals surface area (Å²) in [6.07, 6.45) is 2.02. The first kappa shape index (κ1) is 27.6. The standard InChI is InChI=1S/C39H31ClN4/c1-27-13-15-31(16-14-27)37-26-43(42-41-37)28(2)29-19-23-35(24-20-29)44-38(32-9-5-3-6-10-32)25-36(30-17-21-34(40)22-18-30)39(44)33-11-7-4-8-12-33/h3-26,28H,1-2H3. The fraction of sp³-hybridized carbons (Fsp3) is 0.0769. The molecule has 0 bridgehead atoms. The second kappa shape index (κ2) is 11.8. The monoisotopic (exact) mass is 590 g/mol. The van der Waals surface area contributed by atoms with Gasteiger partial charge in [0.25, 0.3) is 0 Å². The van der Waals surface area contributed by atoms with Gasteiger partial charge >= 0.3 is 0 Å². The molecule has 7 rings (SSSR count). The Morgan fingerprint density at radius 3 is 1.91 bits per heavy atom. The van der Waals surface area contributed by atoms with E-state index >= 15 is 0 Å². The van der Waals surface area contributed by atoms with E-state index in [1.54, 1.807) is 0 Å². The van der Waals surface area contributed by atoms with Crippen molar-refractivity contribution in [1.29, 1.82) is 0 Å². The molecule has 2 heterocycles. The topological polar surface area (TPSA) is 35.6 Å². The highest BCUT2D eigenvalue weighted by Crippen LogP contribution is 2.41. The molecule has 2 aromatic heterocycles. The van der Waals surface area contributed by atoms with Crippen LogP contribution in [0.25, 0.3) is 50.6 Å². The van der Waals surface area contributed by atoms with Crippen LogP contribution in [0.3, 0.4) is 0 Å². The first-order valence-electron chi connectivity index (χ1n) is 14.8. The molecule has 1 atom stereocenters. The second-order valence-electron chi connectivity index (χ2n) is 11.1. The second-order valence-corrected chi connectivity index (χ2v) is 11.5. The number of nitrogens with zero attached hydrogens (tertiary/aromatic N) is 4. The minimum absolute atomic E-state index is 0.0206. The molecular formula is C39H31ClN4. The summed E-state index contributed by atoms with van der Waals surface area (Å²) in [5, 5.41) is 9.65. The molecule has 0 amide bonds. The van der Waals surface area contributed by atoms with E-state index in [9.17, 15) is 0 Å². The highest BCUT2D eigenvalue weighted by Gasteiger charge is 2.21. The van der Waals surface area contributed by atoms with Gasteiger partial charge < -0.3 is 4.57 Å². The molecule has 0 radical (unpaired) electrons. The van der Waals surface area contributed by atoms with Gasteiger partial charge in [0.05, 0.1) is 23.6 Å². The lowest BCUT2D eigenvalue weighted by Gasteiger charge is -2.17. The Hall–Kier alpha value is -5.19. The normalized spacial score (nSPS) is 11.9. The molecule has 0 saturated carbocycles. The number of halogens is 1. The zero-order valence-electron chi connectivity index (χ0n) is 24.6. The van der Waals surface area contributed by atoms with Gasteiger partial charge in [-0.15, -0.1) is 5.10 Å². The third kappa shape index (κ3) is 5.36. The lowest BCUT2D eigenvalue weighted by atomic mass is 10.0. The van der Waals surface area contributed by atoms with Gasteiger partial charge in [-0.25, -0.2) is 4.68 Å². The molecule has 0 aliphatic carbocycles. The quantitative estimate of drug-likeness (QED) is 0.185. The highest BCUT2D eigenvalue weighted by molar-refractivity contribution is 6.30. The number of aromatic nitrogens is 4. The van der Waals surface area contributed by atoms with E-state index < -0.39 is 0 Å². The Morgan fingerprint density at radius 2 is 1.25 bits per heavy atom. The summed E-state index contributed by atoms with van der Waals surface area (Å²) in [5.41, 5.74) is 12.2. The molecule has 0 spiro atoms. The predicted molar refractivity (Wildman–Crippen MR) is 181 cm³/mol. The van der Waals surface area contributed by atoms with Crippen molar-refractivity contribution in [1.82, 2.24) is 19.6 Å². The minimum atomic E-state index is 0.0206. The summed E-state index contributed by atoms with van der Waals surface area (Å²) < 4.78 is 4.30. The maximum Gasteiger partial charge on any atom is 0.113 e. The Labute approximate surface area is 262 Å². The first-order valence-corrected chi connectivity index (χ1v) is 15.1. The van der Waals surface area contributed by atoms with Crippen LogP contribution in [0.15, 0.2) is 146 Å². The van der Waals surface area contributed by atoms with Crippen molar-refractivity contribution >= 4 is 11.6 Å². The van der Waals surface area contributed by atoms with Crippen molar-refractivity contribution in [2.24, 2.45) is 0 Å². The Bertz CT molecular complexity index is 2010. The maximum absolute atomic E-state index is 6.29. The molecule has 0 N–H and O–H groups in total. The van der Waals surface area contributed by atoms with Crippen LogP contribution in [0.2, 0.25) is 5.02 Å². The van der Waals surface area contributed by atoms with E-state index in [2.05, 4.69) is 156 Å². The van der Waals surface area contributed by atoms with Crippen molar-refractivity contribution in [3.63, 3.8) is 0 Å². The summed E-state index contributed by atoms with van der Waals surface area (Å²) in [6, 6.07) is 48.7. The average molecular weight is 591 g/mol. The number of rotatable bonds is 7. The molecule has 0 saturated heterocycles. The average Bonchev–Trinajstić information content (AvgIpc) is 3.73. The Kier molecular flexibility index (Phi) is 7.43. The molecule has 5 aromatic carbocycles. The SMILES string of the molecule is Cc1ccc(-c2cn(C(C)c3ccc(-n4c(-c5ccccc5)cc(-c5ccc(Cl)cc5)c4-c4ccccc4)cc3)nn2)cc1. The lowest BCUT2D eigenvalue weighted by Crippen LogP contribution is -2.08. The zero-order valence-corrected chi connectivity index (χ0v) is 25.4. The van der Waals surface area contributed by atoms with E-state index in [1.807, 2.05) is 23.0 Å². The summed E-state index contributed by atoms with van der Waals surface area (Å²) in [5.74, 6) is 0. The van der Waals surface area contributed by atoms with E-state index in [4.69, 9.17) is 11.6 Å². The van der Waals surface area contributed by atoms with Gasteiger partial charge in [0.2, 0.25) is 0 Å². The van der Waals surface area contributed by atoms with Crippen LogP contribution in [-0.2, 0) is 0 Å². The smallest absolute Gasteiger partial charge is 0.113 e. The fourth-order valence-electron chi connectivity index (χ4n) is 5.71. The summed E-state index contributed by atoms with van der Waals surface area (Å²) in [6.45, 7) is 4.24. The first-order chi connectivity index (χ1) is 21.5. The molecule has 214 valence electrons. The number of aryl methyl sites for hydroxylation is 1. The van der Waals surface area contributed by atoms with Crippen molar-refractivity contribution in [2.75, 3.05) is 0 Å². The van der Waals surface area contributed by atoms with Gasteiger partial charge in [-0.1, -0.05) is 132 Å². The Balaban J connectivity index is 1.33. The maximum atomic E-state index is 6.29. The molecule has 4 nitrogen and oxygen atoms in total. The summed E-state index contributed by atoms with van der Waals surface area (Å²) >= 11 is 6.29. The largest absolute Gasteiger partial charge is 0.309 e. The number of hydrogen-bond acceptors (Lipinski definition) is 2. The number of hydrogen-bond donors (Lipinski definition) is 0. The summed E-state index contributed by atoms with van der Waals surface area (Å²) in [4.78, 5) is 0. The van der Waals surface area contributed by atoms with E-state index in [-0.39, 0.29) is 6.04 Å². The van der Waals surface area contributed by atoms with Gasteiger partial charge in [-0.3, -0.25) is 0 Å². The van der Waals surface area contributed by atoms with E-state index in [0.717, 1.165) is 61.2 Å². The lowest BCUT2D eigenvalue weighted by molar-refractivity contribution is 0.543. The zero-order chi connectivity index (χ0) is 30.0. The van der Waals surface area contributed by atoms with Gasteiger partial charge in [-0.05, 0) is 66.4 Å². The van der Waals surface area contributed by atoms with Crippen LogP contribution >= 0.6 is 11.6 Å². The molecule has 0 fully saturated rings. The van der Waals surface area contributed by atoms with Crippen LogP contribution in [-0.4, -0.2) is 19.6 Å². The molecule has 0 aliphatic rings. The van der Waals surface area contributed by atoms with Crippen LogP contribution < -0.4 is 0 Å². The Morgan fingerprint density at radius 1 is 0.636 bits per heavy atom. The van der Waals surface area contributed by atoms with Crippen LogP contribution in [0.5, 0.6) is 0 Å².